The maximum absolute atomic E-state index is 14.0. The molecular formula is C28H37N7O5. The van der Waals surface area contributed by atoms with Crippen molar-refractivity contribution >= 4 is 35.2 Å². The molecule has 0 unspecified atom stereocenters. The number of para-hydroxylation sites is 1. The molecule has 3 aliphatic rings. The van der Waals surface area contributed by atoms with E-state index < -0.39 is 35.8 Å². The lowest BCUT2D eigenvalue weighted by Gasteiger charge is -2.33. The van der Waals surface area contributed by atoms with Crippen LogP contribution in [0.2, 0.25) is 0 Å². The highest BCUT2D eigenvalue weighted by Crippen LogP contribution is 2.39. The Balaban J connectivity index is 1.55. The van der Waals surface area contributed by atoms with Gasteiger partial charge in [0.25, 0.3) is 0 Å². The molecule has 0 saturated heterocycles. The molecule has 40 heavy (non-hydrogen) atoms. The minimum atomic E-state index is -0.888. The van der Waals surface area contributed by atoms with Crippen LogP contribution >= 0.6 is 0 Å². The summed E-state index contributed by atoms with van der Waals surface area (Å²) in [4.78, 5) is 68.3. The quantitative estimate of drug-likeness (QED) is 0.368. The molecule has 0 saturated carbocycles. The number of likely N-dealkylation sites (N-methyl/N-ethyl adjacent to an activating group) is 1. The summed E-state index contributed by atoms with van der Waals surface area (Å²) in [7, 11) is 2.94. The predicted molar refractivity (Wildman–Crippen MR) is 147 cm³/mol. The number of carbonyl (C=O) groups excluding carboxylic acids is 5. The number of anilines is 1. The molecule has 1 aromatic rings. The fourth-order valence-corrected chi connectivity index (χ4v) is 5.50. The second-order valence-electron chi connectivity index (χ2n) is 10.5. The van der Waals surface area contributed by atoms with Crippen molar-refractivity contribution in [3.05, 3.63) is 41.1 Å². The van der Waals surface area contributed by atoms with Crippen molar-refractivity contribution in [1.29, 1.82) is 0 Å². The molecule has 0 spiro atoms. The number of nitrogens with zero attached hydrogens (tertiary/aromatic N) is 4. The maximum atomic E-state index is 14.0. The van der Waals surface area contributed by atoms with Gasteiger partial charge in [0.15, 0.2) is 0 Å². The normalized spacial score (nSPS) is 20.6. The Morgan fingerprint density at radius 1 is 1.20 bits per heavy atom. The molecule has 1 aromatic carbocycles. The van der Waals surface area contributed by atoms with Crippen molar-refractivity contribution in [2.75, 3.05) is 32.1 Å². The SMILES string of the molecule is CC[C@H](C)[C@@H](C(=O)N[C@H]1CCc2cccc3c2N(C1=O)[C@H](C(=O)NCC1=CCN=N1)C3)N(C)C(=O)CC(=O)NC. The van der Waals surface area contributed by atoms with Crippen molar-refractivity contribution in [1.82, 2.24) is 20.9 Å². The van der Waals surface area contributed by atoms with Crippen molar-refractivity contribution in [3.63, 3.8) is 0 Å². The summed E-state index contributed by atoms with van der Waals surface area (Å²) >= 11 is 0. The second kappa shape index (κ2) is 12.4. The summed E-state index contributed by atoms with van der Waals surface area (Å²) < 4.78 is 0. The van der Waals surface area contributed by atoms with Gasteiger partial charge >= 0.3 is 0 Å². The first-order valence-corrected chi connectivity index (χ1v) is 13.7. The lowest BCUT2D eigenvalue weighted by molar-refractivity contribution is -0.144. The summed E-state index contributed by atoms with van der Waals surface area (Å²) in [6.45, 7) is 4.47. The van der Waals surface area contributed by atoms with Crippen molar-refractivity contribution in [2.24, 2.45) is 16.1 Å². The Morgan fingerprint density at radius 2 is 1.95 bits per heavy atom. The fraction of sp³-hybridized carbons (Fsp3) is 0.536. The maximum Gasteiger partial charge on any atom is 0.250 e. The summed E-state index contributed by atoms with van der Waals surface area (Å²) in [6, 6.07) is 3.27. The number of benzene rings is 1. The van der Waals surface area contributed by atoms with Gasteiger partial charge in [-0.05, 0) is 36.0 Å². The van der Waals surface area contributed by atoms with Crippen LogP contribution in [-0.4, -0.2) is 79.7 Å². The summed E-state index contributed by atoms with van der Waals surface area (Å²) in [6.07, 6.45) is 3.31. The lowest BCUT2D eigenvalue weighted by Crippen LogP contribution is -2.58. The number of rotatable bonds is 10. The standard InChI is InChI=1S/C28H37N7O5/c1-5-16(2)24(34(4)23(37)14-22(36)29-3)27(39)32-20-10-9-17-7-6-8-18-13-21(35(25(17)18)28(20)40)26(38)30-15-19-11-12-31-33-19/h6-8,11,16,20-21,24H,5,9-10,12-15H2,1-4H3,(H,29,36)(H,30,38)(H,32,39)/t16-,20-,21-,24-/m0/s1. The van der Waals surface area contributed by atoms with Gasteiger partial charge in [0.1, 0.15) is 24.5 Å². The Bertz CT molecular complexity index is 1260. The monoisotopic (exact) mass is 551 g/mol. The Labute approximate surface area is 233 Å². The zero-order valence-electron chi connectivity index (χ0n) is 23.4. The molecule has 4 rings (SSSR count). The highest BCUT2D eigenvalue weighted by atomic mass is 16.2. The third-order valence-electron chi connectivity index (χ3n) is 7.93. The number of amides is 5. The smallest absolute Gasteiger partial charge is 0.250 e. The summed E-state index contributed by atoms with van der Waals surface area (Å²) in [5.74, 6) is -2.29. The van der Waals surface area contributed by atoms with Crippen LogP contribution in [0, 0.1) is 5.92 Å². The van der Waals surface area contributed by atoms with E-state index in [-0.39, 0.29) is 30.7 Å². The topological polar surface area (TPSA) is 153 Å². The molecule has 12 nitrogen and oxygen atoms in total. The molecule has 4 atom stereocenters. The third kappa shape index (κ3) is 5.90. The van der Waals surface area contributed by atoms with Gasteiger partial charge in [-0.2, -0.15) is 10.2 Å². The fourth-order valence-electron chi connectivity index (χ4n) is 5.50. The molecule has 3 heterocycles. The van der Waals surface area contributed by atoms with Gasteiger partial charge in [-0.25, -0.2) is 0 Å². The van der Waals surface area contributed by atoms with Crippen LogP contribution in [0.25, 0.3) is 0 Å². The average molecular weight is 552 g/mol. The van der Waals surface area contributed by atoms with E-state index in [1.165, 1.54) is 23.9 Å². The number of hydrogen-bond acceptors (Lipinski definition) is 7. The van der Waals surface area contributed by atoms with Gasteiger partial charge < -0.3 is 20.9 Å². The number of carbonyl (C=O) groups is 5. The first-order chi connectivity index (χ1) is 19.2. The van der Waals surface area contributed by atoms with Crippen LogP contribution < -0.4 is 20.9 Å². The van der Waals surface area contributed by atoms with E-state index in [1.807, 2.05) is 38.1 Å². The largest absolute Gasteiger partial charge is 0.359 e. The van der Waals surface area contributed by atoms with Gasteiger partial charge in [0.2, 0.25) is 29.5 Å². The third-order valence-corrected chi connectivity index (χ3v) is 7.93. The van der Waals surface area contributed by atoms with Crippen LogP contribution in [0.5, 0.6) is 0 Å². The average Bonchev–Trinajstić information content (AvgIpc) is 3.58. The van der Waals surface area contributed by atoms with Crippen LogP contribution in [-0.2, 0) is 36.8 Å². The van der Waals surface area contributed by atoms with E-state index in [9.17, 15) is 24.0 Å². The van der Waals surface area contributed by atoms with E-state index in [0.29, 0.717) is 37.9 Å². The molecule has 0 fully saturated rings. The molecule has 0 aliphatic carbocycles. The molecule has 214 valence electrons. The molecule has 5 amide bonds. The molecular weight excluding hydrogens is 514 g/mol. The Kier molecular flexibility index (Phi) is 8.96. The van der Waals surface area contributed by atoms with E-state index in [2.05, 4.69) is 26.2 Å². The second-order valence-corrected chi connectivity index (χ2v) is 10.5. The summed E-state index contributed by atoms with van der Waals surface area (Å²) in [5, 5.41) is 16.1. The predicted octanol–water partition coefficient (Wildman–Crippen LogP) is 0.850. The minimum absolute atomic E-state index is 0.219. The lowest BCUT2D eigenvalue weighted by atomic mass is 9.95. The van der Waals surface area contributed by atoms with E-state index >= 15 is 0 Å². The van der Waals surface area contributed by atoms with Gasteiger partial charge in [0, 0.05) is 20.5 Å². The Hall–Kier alpha value is -4.09. The first kappa shape index (κ1) is 28.9. The van der Waals surface area contributed by atoms with Crippen molar-refractivity contribution in [3.8, 4) is 0 Å². The molecule has 3 aliphatic heterocycles. The molecule has 0 aromatic heterocycles. The number of hydrogen-bond donors (Lipinski definition) is 3. The summed E-state index contributed by atoms with van der Waals surface area (Å²) in [5.41, 5.74) is 3.26. The van der Waals surface area contributed by atoms with Gasteiger partial charge in [-0.15, -0.1) is 0 Å². The Morgan fingerprint density at radius 3 is 2.62 bits per heavy atom. The van der Waals surface area contributed by atoms with E-state index in [0.717, 1.165) is 16.8 Å². The van der Waals surface area contributed by atoms with Crippen molar-refractivity contribution < 1.29 is 24.0 Å². The van der Waals surface area contributed by atoms with Crippen LogP contribution in [0.4, 0.5) is 5.69 Å². The minimum Gasteiger partial charge on any atom is -0.359 e. The van der Waals surface area contributed by atoms with Gasteiger partial charge in [0.05, 0.1) is 24.5 Å². The van der Waals surface area contributed by atoms with Crippen molar-refractivity contribution in [2.45, 2.75) is 64.1 Å². The highest BCUT2D eigenvalue weighted by Gasteiger charge is 2.44. The molecule has 0 bridgehead atoms. The molecule has 0 radical (unpaired) electrons. The van der Waals surface area contributed by atoms with E-state index in [4.69, 9.17) is 0 Å². The van der Waals surface area contributed by atoms with Crippen LogP contribution in [0.3, 0.4) is 0 Å². The zero-order chi connectivity index (χ0) is 29.0. The molecule has 12 heteroatoms. The van der Waals surface area contributed by atoms with Crippen LogP contribution in [0.15, 0.2) is 40.2 Å². The zero-order valence-corrected chi connectivity index (χ0v) is 23.4. The molecule has 3 N–H and O–H groups in total. The van der Waals surface area contributed by atoms with E-state index in [1.54, 1.807) is 0 Å². The van der Waals surface area contributed by atoms with Gasteiger partial charge in [-0.3, -0.25) is 28.9 Å². The highest BCUT2D eigenvalue weighted by molar-refractivity contribution is 6.08. The number of azo groups is 1. The van der Waals surface area contributed by atoms with Gasteiger partial charge in [-0.1, -0.05) is 38.5 Å². The number of nitrogens with one attached hydrogen (secondary N) is 3. The first-order valence-electron chi connectivity index (χ1n) is 13.7. The van der Waals surface area contributed by atoms with Crippen LogP contribution in [0.1, 0.15) is 44.2 Å². The number of aryl methyl sites for hydroxylation is 1.